The number of nitrogens with zero attached hydrogens (tertiary/aromatic N) is 1. The van der Waals surface area contributed by atoms with Crippen LogP contribution in [0.25, 0.3) is 0 Å². The summed E-state index contributed by atoms with van der Waals surface area (Å²) < 4.78 is 65.6. The van der Waals surface area contributed by atoms with Crippen LogP contribution in [0.1, 0.15) is 49.4 Å². The molecule has 1 saturated heterocycles. The lowest BCUT2D eigenvalue weighted by Gasteiger charge is -2.34. The van der Waals surface area contributed by atoms with E-state index < -0.39 is 33.9 Å². The van der Waals surface area contributed by atoms with Crippen LogP contribution in [-0.2, 0) is 26.5 Å². The molecule has 1 aliphatic heterocycles. The first-order chi connectivity index (χ1) is 16.3. The van der Waals surface area contributed by atoms with Crippen LogP contribution in [-0.4, -0.2) is 50.0 Å². The number of carbonyl (C=O) groups is 1. The van der Waals surface area contributed by atoms with E-state index in [2.05, 4.69) is 31.3 Å². The highest BCUT2D eigenvalue weighted by molar-refractivity contribution is 7.91. The summed E-state index contributed by atoms with van der Waals surface area (Å²) in [7, 11) is -2.07. The SMILES string of the molecule is CN(C(=O)C1CCS(=O)(=O)CC1)C(c1ccc(NC2Cc3ccccc3C2(C)C)cc1)C(F)(F)F. The lowest BCUT2D eigenvalue weighted by Crippen LogP contribution is -2.44. The maximum Gasteiger partial charge on any atom is 0.413 e. The normalized spacial score (nSPS) is 22.3. The number of sulfone groups is 1. The smallest absolute Gasteiger partial charge is 0.381 e. The number of nitrogens with one attached hydrogen (secondary N) is 1. The van der Waals surface area contributed by atoms with Crippen LogP contribution in [0.2, 0.25) is 0 Å². The molecule has 1 aliphatic carbocycles. The first kappa shape index (κ1) is 25.5. The standard InChI is InChI=1S/C26H31F3N2O3S/c1-25(2)21-7-5-4-6-19(21)16-22(25)30-20-10-8-17(9-11-20)23(26(27,28)29)31(3)24(32)18-12-14-35(33,34)15-13-18/h4-11,18,22-23,30H,12-16H2,1-3H3. The number of rotatable bonds is 5. The van der Waals surface area contributed by atoms with Crippen molar-refractivity contribution in [2.45, 2.75) is 56.8 Å². The van der Waals surface area contributed by atoms with Crippen molar-refractivity contribution in [1.82, 2.24) is 4.90 Å². The zero-order valence-corrected chi connectivity index (χ0v) is 20.9. The molecule has 35 heavy (non-hydrogen) atoms. The van der Waals surface area contributed by atoms with Crippen molar-refractivity contribution >= 4 is 21.4 Å². The summed E-state index contributed by atoms with van der Waals surface area (Å²) in [5.74, 6) is -1.74. The van der Waals surface area contributed by atoms with Crippen LogP contribution in [0.5, 0.6) is 0 Å². The Kier molecular flexibility index (Phi) is 6.68. The molecule has 1 fully saturated rings. The molecule has 4 rings (SSSR count). The third-order valence-electron chi connectivity index (χ3n) is 7.52. The first-order valence-corrected chi connectivity index (χ1v) is 13.6. The van der Waals surface area contributed by atoms with Gasteiger partial charge in [-0.15, -0.1) is 0 Å². The Hall–Kier alpha value is -2.55. The van der Waals surface area contributed by atoms with Gasteiger partial charge in [-0.05, 0) is 48.1 Å². The Bertz CT molecular complexity index is 1180. The Morgan fingerprint density at radius 1 is 1.06 bits per heavy atom. The average molecular weight is 509 g/mol. The Balaban J connectivity index is 1.50. The molecule has 1 heterocycles. The molecule has 0 radical (unpaired) electrons. The molecule has 1 N–H and O–H groups in total. The van der Waals surface area contributed by atoms with Crippen LogP contribution in [0.4, 0.5) is 18.9 Å². The van der Waals surface area contributed by atoms with Gasteiger partial charge in [0.2, 0.25) is 5.91 Å². The molecular weight excluding hydrogens is 477 g/mol. The van der Waals surface area contributed by atoms with Gasteiger partial charge < -0.3 is 10.2 Å². The quantitative estimate of drug-likeness (QED) is 0.625. The first-order valence-electron chi connectivity index (χ1n) is 11.8. The molecule has 2 unspecified atom stereocenters. The molecule has 2 aromatic carbocycles. The van der Waals surface area contributed by atoms with E-state index in [-0.39, 0.29) is 41.4 Å². The molecule has 0 saturated carbocycles. The molecule has 190 valence electrons. The summed E-state index contributed by atoms with van der Waals surface area (Å²) in [5, 5.41) is 3.48. The highest BCUT2D eigenvalue weighted by Gasteiger charge is 2.47. The monoisotopic (exact) mass is 508 g/mol. The van der Waals surface area contributed by atoms with Crippen molar-refractivity contribution in [3.8, 4) is 0 Å². The Morgan fingerprint density at radius 2 is 1.66 bits per heavy atom. The number of hydrogen-bond acceptors (Lipinski definition) is 4. The number of fused-ring (bicyclic) bond motifs is 1. The lowest BCUT2D eigenvalue weighted by atomic mass is 9.83. The van der Waals surface area contributed by atoms with Crippen LogP contribution >= 0.6 is 0 Å². The van der Waals surface area contributed by atoms with Gasteiger partial charge in [0, 0.05) is 30.1 Å². The molecular formula is C26H31F3N2O3S. The molecule has 2 aliphatic rings. The zero-order chi connectivity index (χ0) is 25.6. The number of benzene rings is 2. The number of carbonyl (C=O) groups excluding carboxylic acids is 1. The van der Waals surface area contributed by atoms with E-state index in [1.54, 1.807) is 12.1 Å². The van der Waals surface area contributed by atoms with Crippen molar-refractivity contribution in [3.05, 3.63) is 65.2 Å². The van der Waals surface area contributed by atoms with Gasteiger partial charge in [0.05, 0.1) is 11.5 Å². The van der Waals surface area contributed by atoms with Crippen LogP contribution < -0.4 is 5.32 Å². The molecule has 0 aromatic heterocycles. The van der Waals surface area contributed by atoms with Crippen molar-refractivity contribution < 1.29 is 26.4 Å². The van der Waals surface area contributed by atoms with Crippen LogP contribution in [0.15, 0.2) is 48.5 Å². The minimum absolute atomic E-state index is 0.0312. The number of hydrogen-bond donors (Lipinski definition) is 1. The lowest BCUT2D eigenvalue weighted by molar-refractivity contribution is -0.190. The number of anilines is 1. The van der Waals surface area contributed by atoms with Gasteiger partial charge in [-0.2, -0.15) is 13.2 Å². The van der Waals surface area contributed by atoms with Crippen molar-refractivity contribution in [2.24, 2.45) is 5.92 Å². The number of alkyl halides is 3. The van der Waals surface area contributed by atoms with Gasteiger partial charge in [0.25, 0.3) is 0 Å². The predicted octanol–water partition coefficient (Wildman–Crippen LogP) is 4.89. The average Bonchev–Trinajstić information content (AvgIpc) is 3.03. The largest absolute Gasteiger partial charge is 0.413 e. The van der Waals surface area contributed by atoms with E-state index in [0.29, 0.717) is 5.69 Å². The van der Waals surface area contributed by atoms with E-state index in [9.17, 15) is 26.4 Å². The van der Waals surface area contributed by atoms with Crippen LogP contribution in [0, 0.1) is 5.92 Å². The molecule has 2 aromatic rings. The second-order valence-electron chi connectivity index (χ2n) is 10.2. The summed E-state index contributed by atoms with van der Waals surface area (Å²) >= 11 is 0. The third-order valence-corrected chi connectivity index (χ3v) is 9.24. The summed E-state index contributed by atoms with van der Waals surface area (Å²) in [6, 6.07) is 12.3. The predicted molar refractivity (Wildman–Crippen MR) is 130 cm³/mol. The fraction of sp³-hybridized carbons (Fsp3) is 0.500. The summed E-state index contributed by atoms with van der Waals surface area (Å²) in [5.41, 5.74) is 3.08. The van der Waals surface area contributed by atoms with E-state index in [4.69, 9.17) is 0 Å². The molecule has 2 atom stereocenters. The van der Waals surface area contributed by atoms with Gasteiger partial charge in [-0.25, -0.2) is 8.42 Å². The summed E-state index contributed by atoms with van der Waals surface area (Å²) in [6.07, 6.45) is -3.74. The molecule has 9 heteroatoms. The summed E-state index contributed by atoms with van der Waals surface area (Å²) in [4.78, 5) is 13.6. The van der Waals surface area contributed by atoms with Gasteiger partial charge >= 0.3 is 6.18 Å². The second-order valence-corrected chi connectivity index (χ2v) is 12.5. The maximum absolute atomic E-state index is 14.1. The fourth-order valence-electron chi connectivity index (χ4n) is 5.37. The molecule has 0 bridgehead atoms. The fourth-order valence-corrected chi connectivity index (χ4v) is 6.86. The zero-order valence-electron chi connectivity index (χ0n) is 20.1. The molecule has 0 spiro atoms. The second kappa shape index (κ2) is 9.15. The van der Waals surface area contributed by atoms with Gasteiger partial charge in [-0.3, -0.25) is 4.79 Å². The van der Waals surface area contributed by atoms with E-state index in [1.807, 2.05) is 12.1 Å². The minimum atomic E-state index is -4.67. The minimum Gasteiger partial charge on any atom is -0.381 e. The Labute approximate surface area is 204 Å². The van der Waals surface area contributed by atoms with E-state index in [0.717, 1.165) is 18.4 Å². The van der Waals surface area contributed by atoms with Crippen molar-refractivity contribution in [3.63, 3.8) is 0 Å². The van der Waals surface area contributed by atoms with Crippen LogP contribution in [0.3, 0.4) is 0 Å². The van der Waals surface area contributed by atoms with Gasteiger partial charge in [0.15, 0.2) is 6.04 Å². The van der Waals surface area contributed by atoms with Crippen molar-refractivity contribution in [2.75, 3.05) is 23.9 Å². The number of halogens is 3. The number of amides is 1. The summed E-state index contributed by atoms with van der Waals surface area (Å²) in [6.45, 7) is 4.31. The highest BCUT2D eigenvalue weighted by atomic mass is 32.2. The maximum atomic E-state index is 14.1. The highest BCUT2D eigenvalue weighted by Crippen LogP contribution is 2.41. The Morgan fingerprint density at radius 3 is 2.23 bits per heavy atom. The topological polar surface area (TPSA) is 66.5 Å². The molecule has 1 amide bonds. The van der Waals surface area contributed by atoms with E-state index in [1.165, 1.54) is 23.3 Å². The van der Waals surface area contributed by atoms with Gasteiger partial charge in [-0.1, -0.05) is 50.2 Å². The van der Waals surface area contributed by atoms with Crippen molar-refractivity contribution in [1.29, 1.82) is 0 Å². The third kappa shape index (κ3) is 5.20. The molecule has 5 nitrogen and oxygen atoms in total. The van der Waals surface area contributed by atoms with E-state index >= 15 is 0 Å². The van der Waals surface area contributed by atoms with Gasteiger partial charge in [0.1, 0.15) is 9.84 Å².